The molecule has 3 N–H and O–H groups in total. The molecule has 0 saturated heterocycles. The van der Waals surface area contributed by atoms with Crippen molar-refractivity contribution < 1.29 is 32.7 Å². The standard InChI is InChI=1S/C26H24N4O7S.Na.H/c1-36-21-9-5-3-7-16(21)14-27-29-23-19-12-11-18(38(33,34)35)13-20(19)24(26(32)25(23)31)30-28-15-17-8-4-6-10-22(17)37-2;;/h3-13,31-32H,14-15H2,1-2H3,(H,33,34,35);;/b29-27+,30-28+;;. The van der Waals surface area contributed by atoms with Crippen molar-refractivity contribution in [3.63, 3.8) is 0 Å². The molecule has 0 spiro atoms. The van der Waals surface area contributed by atoms with Crippen molar-refractivity contribution in [2.75, 3.05) is 14.2 Å². The van der Waals surface area contributed by atoms with Crippen LogP contribution in [0.1, 0.15) is 11.1 Å². The molecule has 39 heavy (non-hydrogen) atoms. The van der Waals surface area contributed by atoms with Crippen molar-refractivity contribution in [3.05, 3.63) is 77.9 Å². The summed E-state index contributed by atoms with van der Waals surface area (Å²) in [6.07, 6.45) is 0. The van der Waals surface area contributed by atoms with E-state index in [0.29, 0.717) is 17.1 Å². The molecule has 4 rings (SSSR count). The molecule has 0 aliphatic heterocycles. The Balaban J connectivity index is 0.00000420. The first-order chi connectivity index (χ1) is 18.2. The van der Waals surface area contributed by atoms with Gasteiger partial charge in [-0.3, -0.25) is 4.55 Å². The Hall–Kier alpha value is -3.55. The summed E-state index contributed by atoms with van der Waals surface area (Å²) in [6.45, 7) is 0.180. The predicted molar refractivity (Wildman–Crippen MR) is 147 cm³/mol. The second kappa shape index (κ2) is 13.0. The molecule has 0 heterocycles. The van der Waals surface area contributed by atoms with Gasteiger partial charge in [0.2, 0.25) is 0 Å². The zero-order valence-electron chi connectivity index (χ0n) is 20.4. The number of phenols is 2. The van der Waals surface area contributed by atoms with Crippen molar-refractivity contribution in [2.45, 2.75) is 18.0 Å². The van der Waals surface area contributed by atoms with E-state index in [-0.39, 0.29) is 64.8 Å². The molecule has 11 nitrogen and oxygen atoms in total. The second-order valence-electron chi connectivity index (χ2n) is 8.00. The first-order valence-corrected chi connectivity index (χ1v) is 12.7. The van der Waals surface area contributed by atoms with Gasteiger partial charge in [-0.25, -0.2) is 0 Å². The Bertz CT molecular complexity index is 1660. The number of hydrogen-bond donors (Lipinski definition) is 3. The molecule has 0 atom stereocenters. The SMILES string of the molecule is COc1ccccc1C/N=N/c1c(O)c(O)c(/N=N/Cc2ccccc2OC)c2cc(S(=O)(=O)O)ccc12.[NaH]. The molecule has 0 aromatic heterocycles. The maximum atomic E-state index is 11.8. The van der Waals surface area contributed by atoms with Gasteiger partial charge in [0.15, 0.2) is 11.5 Å². The van der Waals surface area contributed by atoms with Crippen LogP contribution in [-0.4, -0.2) is 67.0 Å². The van der Waals surface area contributed by atoms with Crippen LogP contribution in [0.3, 0.4) is 0 Å². The number of para-hydroxylation sites is 2. The van der Waals surface area contributed by atoms with Gasteiger partial charge < -0.3 is 19.7 Å². The fourth-order valence-corrected chi connectivity index (χ4v) is 4.31. The van der Waals surface area contributed by atoms with Gasteiger partial charge in [0.1, 0.15) is 22.9 Å². The molecule has 0 aliphatic rings. The molecular weight excluding hydrogens is 535 g/mol. The molecule has 4 aromatic rings. The summed E-state index contributed by atoms with van der Waals surface area (Å²) >= 11 is 0. The third kappa shape index (κ3) is 6.72. The van der Waals surface area contributed by atoms with Crippen molar-refractivity contribution >= 4 is 61.8 Å². The van der Waals surface area contributed by atoms with E-state index < -0.39 is 26.5 Å². The molecular formula is C26H25N4NaO7S. The quantitative estimate of drug-likeness (QED) is 0.106. The van der Waals surface area contributed by atoms with Gasteiger partial charge in [-0.15, -0.1) is 0 Å². The molecule has 0 aliphatic carbocycles. The van der Waals surface area contributed by atoms with Crippen LogP contribution < -0.4 is 9.47 Å². The third-order valence-corrected chi connectivity index (χ3v) is 6.53. The van der Waals surface area contributed by atoms with Crippen LogP contribution in [0.15, 0.2) is 92.1 Å². The van der Waals surface area contributed by atoms with Crippen molar-refractivity contribution in [3.8, 4) is 23.0 Å². The van der Waals surface area contributed by atoms with E-state index in [0.717, 1.165) is 17.7 Å². The van der Waals surface area contributed by atoms with Crippen molar-refractivity contribution in [2.24, 2.45) is 20.5 Å². The molecule has 198 valence electrons. The summed E-state index contributed by atoms with van der Waals surface area (Å²) in [5, 5.41) is 38.3. The number of benzene rings is 4. The van der Waals surface area contributed by atoms with Crippen molar-refractivity contribution in [1.29, 1.82) is 0 Å². The van der Waals surface area contributed by atoms with E-state index in [1.54, 1.807) is 36.4 Å². The number of hydrogen-bond acceptors (Lipinski definition) is 10. The number of fused-ring (bicyclic) bond motifs is 1. The first-order valence-electron chi connectivity index (χ1n) is 11.2. The number of methoxy groups -OCH3 is 2. The Morgan fingerprint density at radius 2 is 1.18 bits per heavy atom. The predicted octanol–water partition coefficient (Wildman–Crippen LogP) is 5.43. The molecule has 13 heteroatoms. The summed E-state index contributed by atoms with van der Waals surface area (Å²) in [5.74, 6) is -0.109. The summed E-state index contributed by atoms with van der Waals surface area (Å²) in [4.78, 5) is -0.437. The monoisotopic (exact) mass is 560 g/mol. The van der Waals surface area contributed by atoms with E-state index in [2.05, 4.69) is 20.5 Å². The molecule has 0 amide bonds. The van der Waals surface area contributed by atoms with Crippen LogP contribution in [0.2, 0.25) is 0 Å². The molecule has 0 unspecified atom stereocenters. The van der Waals surface area contributed by atoms with Gasteiger partial charge in [0.25, 0.3) is 10.1 Å². The Morgan fingerprint density at radius 3 is 1.64 bits per heavy atom. The molecule has 0 bridgehead atoms. The number of nitrogens with zero attached hydrogens (tertiary/aromatic N) is 4. The van der Waals surface area contributed by atoms with E-state index in [4.69, 9.17) is 9.47 Å². The fourth-order valence-electron chi connectivity index (χ4n) is 3.80. The summed E-state index contributed by atoms with van der Waals surface area (Å²) in [5.41, 5.74) is 1.13. The van der Waals surface area contributed by atoms with E-state index in [9.17, 15) is 23.2 Å². The van der Waals surface area contributed by atoms with Crippen molar-refractivity contribution in [1.82, 2.24) is 0 Å². The molecule has 4 aromatic carbocycles. The van der Waals surface area contributed by atoms with E-state index >= 15 is 0 Å². The van der Waals surface area contributed by atoms with Crippen LogP contribution in [0, 0.1) is 0 Å². The maximum absolute atomic E-state index is 11.8. The van der Waals surface area contributed by atoms with Gasteiger partial charge in [-0.05, 0) is 24.3 Å². The topological polar surface area (TPSA) is 163 Å². The fraction of sp³-hybridized carbons (Fsp3) is 0.154. The van der Waals surface area contributed by atoms with Crippen LogP contribution in [-0.2, 0) is 23.2 Å². The number of azo groups is 2. The van der Waals surface area contributed by atoms with Crippen LogP contribution >= 0.6 is 0 Å². The number of ether oxygens (including phenoxy) is 2. The number of phenolic OH excluding ortho intramolecular Hbond substituents is 2. The van der Waals surface area contributed by atoms with Gasteiger partial charge in [0.05, 0.1) is 32.2 Å². The second-order valence-corrected chi connectivity index (χ2v) is 9.42. The summed E-state index contributed by atoms with van der Waals surface area (Å²) < 4.78 is 43.8. The van der Waals surface area contributed by atoms with E-state index in [1.807, 2.05) is 12.1 Å². The van der Waals surface area contributed by atoms with Crippen LogP contribution in [0.4, 0.5) is 11.4 Å². The Kier molecular flexibility index (Phi) is 10.0. The number of aromatic hydroxyl groups is 2. The van der Waals surface area contributed by atoms with Gasteiger partial charge in [-0.1, -0.05) is 42.5 Å². The first kappa shape index (κ1) is 30.0. The van der Waals surface area contributed by atoms with Gasteiger partial charge >= 0.3 is 29.6 Å². The average molecular weight is 561 g/mol. The molecule has 0 radical (unpaired) electrons. The minimum absolute atomic E-state index is 0. The van der Waals surface area contributed by atoms with Crippen LogP contribution in [0.25, 0.3) is 10.8 Å². The van der Waals surface area contributed by atoms with E-state index in [1.165, 1.54) is 20.3 Å². The molecule has 0 saturated carbocycles. The van der Waals surface area contributed by atoms with Crippen LogP contribution in [0.5, 0.6) is 23.0 Å². The molecule has 0 fully saturated rings. The minimum atomic E-state index is -4.58. The van der Waals surface area contributed by atoms with Gasteiger partial charge in [0, 0.05) is 21.9 Å². The zero-order valence-corrected chi connectivity index (χ0v) is 21.3. The Labute approximate surface area is 246 Å². The number of rotatable bonds is 9. The normalized spacial score (nSPS) is 11.7. The summed E-state index contributed by atoms with van der Waals surface area (Å²) in [6, 6.07) is 17.9. The van der Waals surface area contributed by atoms with Gasteiger partial charge in [-0.2, -0.15) is 28.9 Å². The summed E-state index contributed by atoms with van der Waals surface area (Å²) in [7, 11) is -1.53. The Morgan fingerprint density at radius 1 is 0.718 bits per heavy atom. The average Bonchev–Trinajstić information content (AvgIpc) is 2.92. The zero-order chi connectivity index (χ0) is 27.3. The third-order valence-electron chi connectivity index (χ3n) is 5.68.